The van der Waals surface area contributed by atoms with Crippen molar-refractivity contribution in [1.29, 1.82) is 0 Å². The molecule has 0 aromatic heterocycles. The van der Waals surface area contributed by atoms with Crippen molar-refractivity contribution in [3.8, 4) is 0 Å². The second kappa shape index (κ2) is 7.50. The number of carbonyl (C=O) groups excluding carboxylic acids is 3. The lowest BCUT2D eigenvalue weighted by atomic mass is 10.00. The number of ether oxygens (including phenoxy) is 1. The number of anilines is 1. The average Bonchev–Trinajstić information content (AvgIpc) is 2.84. The first kappa shape index (κ1) is 18.5. The smallest absolute Gasteiger partial charge is 0.338 e. The van der Waals surface area contributed by atoms with E-state index in [1.54, 1.807) is 19.1 Å². The minimum Gasteiger partial charge on any atom is -0.462 e. The molecule has 0 spiro atoms. The van der Waals surface area contributed by atoms with Crippen LogP contribution in [0.3, 0.4) is 0 Å². The Morgan fingerprint density at radius 1 is 1.23 bits per heavy atom. The number of carbonyl (C=O) groups is 3. The van der Waals surface area contributed by atoms with Gasteiger partial charge in [-0.1, -0.05) is 18.5 Å². The number of hydrogen-bond donors (Lipinski definition) is 0. The van der Waals surface area contributed by atoms with E-state index < -0.39 is 17.8 Å². The molecule has 6 nitrogen and oxygen atoms in total. The number of imide groups is 1. The molecule has 1 aromatic rings. The van der Waals surface area contributed by atoms with Crippen molar-refractivity contribution in [3.05, 3.63) is 40.6 Å². The third-order valence-corrected chi connectivity index (χ3v) is 4.95. The second-order valence-corrected chi connectivity index (χ2v) is 6.95. The first-order valence-corrected chi connectivity index (χ1v) is 9.12. The molecule has 7 heteroatoms. The van der Waals surface area contributed by atoms with E-state index in [1.807, 2.05) is 4.90 Å². The third kappa shape index (κ3) is 3.33. The normalized spacial score (nSPS) is 20.8. The Balaban J connectivity index is 1.83. The molecule has 2 amide bonds. The van der Waals surface area contributed by atoms with Crippen molar-refractivity contribution < 1.29 is 19.1 Å². The molecule has 138 valence electrons. The highest BCUT2D eigenvalue weighted by Gasteiger charge is 2.42. The van der Waals surface area contributed by atoms with Crippen LogP contribution in [0.2, 0.25) is 0 Å². The number of rotatable bonds is 4. The minimum absolute atomic E-state index is 0.0430. The lowest BCUT2D eigenvalue weighted by Gasteiger charge is -2.33. The topological polar surface area (TPSA) is 66.9 Å². The van der Waals surface area contributed by atoms with Gasteiger partial charge in [-0.3, -0.25) is 9.59 Å². The first-order chi connectivity index (χ1) is 12.4. The summed E-state index contributed by atoms with van der Waals surface area (Å²) in [6.45, 7) is 5.55. The molecule has 2 heterocycles. The van der Waals surface area contributed by atoms with Crippen LogP contribution in [0.25, 0.3) is 0 Å². The summed E-state index contributed by atoms with van der Waals surface area (Å²) in [7, 11) is 0. The molecule has 1 fully saturated rings. The molecule has 1 saturated heterocycles. The summed E-state index contributed by atoms with van der Waals surface area (Å²) in [5, 5.41) is -0.0430. The molecule has 1 unspecified atom stereocenters. The highest BCUT2D eigenvalue weighted by molar-refractivity contribution is 6.52. The Hall–Kier alpha value is -2.34. The summed E-state index contributed by atoms with van der Waals surface area (Å²) in [6.07, 6.45) is 2.06. The van der Waals surface area contributed by atoms with Crippen molar-refractivity contribution in [3.63, 3.8) is 0 Å². The Morgan fingerprint density at radius 2 is 1.92 bits per heavy atom. The Bertz CT molecular complexity index is 772. The first-order valence-electron chi connectivity index (χ1n) is 8.74. The molecule has 26 heavy (non-hydrogen) atoms. The van der Waals surface area contributed by atoms with E-state index in [2.05, 4.69) is 6.92 Å². The Kier molecular flexibility index (Phi) is 5.32. The minimum atomic E-state index is -0.534. The molecular formula is C19H21ClN2O4. The van der Waals surface area contributed by atoms with Crippen molar-refractivity contribution in [1.82, 2.24) is 4.90 Å². The maximum Gasteiger partial charge on any atom is 0.338 e. The Morgan fingerprint density at radius 3 is 2.54 bits per heavy atom. The van der Waals surface area contributed by atoms with Gasteiger partial charge in [0.25, 0.3) is 11.8 Å². The van der Waals surface area contributed by atoms with Crippen LogP contribution in [-0.2, 0) is 14.3 Å². The molecule has 1 aromatic carbocycles. The molecule has 0 bridgehead atoms. The molecule has 2 aliphatic heterocycles. The van der Waals surface area contributed by atoms with E-state index >= 15 is 0 Å². The number of esters is 1. The van der Waals surface area contributed by atoms with Crippen molar-refractivity contribution in [2.75, 3.05) is 24.6 Å². The van der Waals surface area contributed by atoms with Gasteiger partial charge in [-0.05, 0) is 49.9 Å². The van der Waals surface area contributed by atoms with Gasteiger partial charge in [-0.15, -0.1) is 0 Å². The molecule has 0 radical (unpaired) electrons. The third-order valence-electron chi connectivity index (χ3n) is 4.61. The molecule has 0 aliphatic carbocycles. The largest absolute Gasteiger partial charge is 0.462 e. The van der Waals surface area contributed by atoms with Crippen LogP contribution < -0.4 is 4.90 Å². The van der Waals surface area contributed by atoms with Gasteiger partial charge in [0.1, 0.15) is 10.7 Å². The van der Waals surface area contributed by atoms with E-state index in [0.29, 0.717) is 30.3 Å². The van der Waals surface area contributed by atoms with Gasteiger partial charge >= 0.3 is 5.97 Å². The quantitative estimate of drug-likeness (QED) is 0.597. The summed E-state index contributed by atoms with van der Waals surface area (Å²) in [6, 6.07) is 6.16. The Labute approximate surface area is 157 Å². The maximum atomic E-state index is 12.9. The van der Waals surface area contributed by atoms with E-state index in [-0.39, 0.29) is 17.3 Å². The zero-order valence-electron chi connectivity index (χ0n) is 14.8. The number of likely N-dealkylation sites (tertiary alicyclic amines) is 1. The second-order valence-electron chi connectivity index (χ2n) is 6.57. The van der Waals surface area contributed by atoms with E-state index in [0.717, 1.165) is 17.7 Å². The molecule has 2 aliphatic rings. The SMILES string of the molecule is CCOC(=O)c1ccc(N2C(=O)C(Cl)=C(N3CCCC(C)C3)C2=O)cc1. The van der Waals surface area contributed by atoms with Crippen LogP contribution in [0.1, 0.15) is 37.0 Å². The van der Waals surface area contributed by atoms with Crippen molar-refractivity contribution >= 4 is 35.1 Å². The summed E-state index contributed by atoms with van der Waals surface area (Å²) >= 11 is 6.22. The summed E-state index contributed by atoms with van der Waals surface area (Å²) in [5.74, 6) is -0.953. The zero-order chi connectivity index (χ0) is 18.8. The molecule has 3 rings (SSSR count). The van der Waals surface area contributed by atoms with Gasteiger partial charge in [-0.2, -0.15) is 0 Å². The number of benzene rings is 1. The fraction of sp³-hybridized carbons (Fsp3) is 0.421. The number of amides is 2. The van der Waals surface area contributed by atoms with E-state index in [1.165, 1.54) is 12.1 Å². The van der Waals surface area contributed by atoms with Crippen LogP contribution in [0.5, 0.6) is 0 Å². The van der Waals surface area contributed by atoms with E-state index in [9.17, 15) is 14.4 Å². The number of hydrogen-bond acceptors (Lipinski definition) is 5. The van der Waals surface area contributed by atoms with Crippen LogP contribution in [0.15, 0.2) is 35.0 Å². The van der Waals surface area contributed by atoms with Gasteiger partial charge in [0, 0.05) is 13.1 Å². The standard InChI is InChI=1S/C19H21ClN2O4/c1-3-26-19(25)13-6-8-14(9-7-13)22-17(23)15(20)16(18(22)24)21-10-4-5-12(2)11-21/h6-9,12H,3-5,10-11H2,1-2H3. The zero-order valence-corrected chi connectivity index (χ0v) is 15.6. The molecule has 1 atom stereocenters. The average molecular weight is 377 g/mol. The van der Waals surface area contributed by atoms with Crippen LogP contribution >= 0.6 is 11.6 Å². The number of piperidine rings is 1. The van der Waals surface area contributed by atoms with Gasteiger partial charge < -0.3 is 9.64 Å². The van der Waals surface area contributed by atoms with Crippen LogP contribution in [0, 0.1) is 5.92 Å². The van der Waals surface area contributed by atoms with Crippen LogP contribution in [0.4, 0.5) is 5.69 Å². The van der Waals surface area contributed by atoms with Gasteiger partial charge in [0.2, 0.25) is 0 Å². The fourth-order valence-corrected chi connectivity index (χ4v) is 3.64. The monoisotopic (exact) mass is 376 g/mol. The lowest BCUT2D eigenvalue weighted by Crippen LogP contribution is -2.39. The maximum absolute atomic E-state index is 12.9. The predicted octanol–water partition coefficient (Wildman–Crippen LogP) is 2.92. The van der Waals surface area contributed by atoms with Gasteiger partial charge in [0.15, 0.2) is 0 Å². The molecular weight excluding hydrogens is 356 g/mol. The van der Waals surface area contributed by atoms with Crippen molar-refractivity contribution in [2.24, 2.45) is 5.92 Å². The van der Waals surface area contributed by atoms with Crippen LogP contribution in [-0.4, -0.2) is 42.4 Å². The number of nitrogens with zero attached hydrogens (tertiary/aromatic N) is 2. The molecule has 0 N–H and O–H groups in total. The lowest BCUT2D eigenvalue weighted by molar-refractivity contribution is -0.121. The fourth-order valence-electron chi connectivity index (χ4n) is 3.35. The van der Waals surface area contributed by atoms with Crippen molar-refractivity contribution in [2.45, 2.75) is 26.7 Å². The van der Waals surface area contributed by atoms with Gasteiger partial charge in [-0.25, -0.2) is 9.69 Å². The highest BCUT2D eigenvalue weighted by Crippen LogP contribution is 2.33. The number of halogens is 1. The van der Waals surface area contributed by atoms with E-state index in [4.69, 9.17) is 16.3 Å². The predicted molar refractivity (Wildman–Crippen MR) is 97.7 cm³/mol. The summed E-state index contributed by atoms with van der Waals surface area (Å²) in [5.41, 5.74) is 1.02. The summed E-state index contributed by atoms with van der Waals surface area (Å²) in [4.78, 5) is 40.2. The van der Waals surface area contributed by atoms with Gasteiger partial charge in [0.05, 0.1) is 17.9 Å². The highest BCUT2D eigenvalue weighted by atomic mass is 35.5. The summed E-state index contributed by atoms with van der Waals surface area (Å²) < 4.78 is 4.94. The molecule has 0 saturated carbocycles.